The molecule has 1 heteroatoms. The maximum absolute atomic E-state index is 14.8. The van der Waals surface area contributed by atoms with Gasteiger partial charge in [0.25, 0.3) is 0 Å². The van der Waals surface area contributed by atoms with Gasteiger partial charge in [0.1, 0.15) is 5.82 Å². The van der Waals surface area contributed by atoms with Crippen molar-refractivity contribution in [3.8, 4) is 11.8 Å². The van der Waals surface area contributed by atoms with Gasteiger partial charge in [0.15, 0.2) is 0 Å². The van der Waals surface area contributed by atoms with Crippen LogP contribution < -0.4 is 0 Å². The molecule has 0 atom stereocenters. The molecule has 1 aliphatic carbocycles. The van der Waals surface area contributed by atoms with Crippen molar-refractivity contribution in [3.05, 3.63) is 95.3 Å². The van der Waals surface area contributed by atoms with Crippen molar-refractivity contribution in [2.24, 2.45) is 5.92 Å². The Balaban J connectivity index is 1.38. The summed E-state index contributed by atoms with van der Waals surface area (Å²) < 4.78 is 14.8. The second-order valence-electron chi connectivity index (χ2n) is 9.89. The van der Waals surface area contributed by atoms with Crippen LogP contribution in [-0.2, 0) is 6.42 Å². The maximum atomic E-state index is 14.8. The zero-order valence-electron chi connectivity index (χ0n) is 20.6. The Kier molecular flexibility index (Phi) is 8.59. The van der Waals surface area contributed by atoms with E-state index in [0.29, 0.717) is 17.7 Å². The van der Waals surface area contributed by atoms with Crippen molar-refractivity contribution in [1.82, 2.24) is 0 Å². The summed E-state index contributed by atoms with van der Waals surface area (Å²) in [4.78, 5) is 0. The van der Waals surface area contributed by atoms with E-state index >= 15 is 0 Å². The summed E-state index contributed by atoms with van der Waals surface area (Å²) in [7, 11) is 0. The fraction of sp³-hybridized carbons (Fsp3) is 0.394. The maximum Gasteiger partial charge on any atom is 0.134 e. The lowest BCUT2D eigenvalue weighted by molar-refractivity contribution is 0.303. The normalized spacial score (nSPS) is 17.8. The lowest BCUT2D eigenvalue weighted by Crippen LogP contribution is -2.13. The number of rotatable bonds is 8. The Bertz CT molecular complexity index is 1150. The predicted molar refractivity (Wildman–Crippen MR) is 144 cm³/mol. The fourth-order valence-corrected chi connectivity index (χ4v) is 5.32. The molecule has 1 aliphatic rings. The third-order valence-electron chi connectivity index (χ3n) is 7.45. The molecule has 0 heterocycles. The first kappa shape index (κ1) is 24.3. The van der Waals surface area contributed by atoms with Gasteiger partial charge < -0.3 is 0 Å². The second-order valence-corrected chi connectivity index (χ2v) is 9.89. The number of hydrogen-bond donors (Lipinski definition) is 0. The molecule has 0 amide bonds. The van der Waals surface area contributed by atoms with E-state index in [-0.39, 0.29) is 5.82 Å². The van der Waals surface area contributed by atoms with Crippen molar-refractivity contribution in [2.75, 3.05) is 0 Å². The average Bonchev–Trinajstić information content (AvgIpc) is 2.88. The number of aryl methyl sites for hydroxylation is 1. The van der Waals surface area contributed by atoms with Crippen molar-refractivity contribution < 1.29 is 4.39 Å². The Morgan fingerprint density at radius 3 is 2.38 bits per heavy atom. The monoisotopic (exact) mass is 452 g/mol. The van der Waals surface area contributed by atoms with Crippen LogP contribution in [0, 0.1) is 23.6 Å². The zero-order valence-corrected chi connectivity index (χ0v) is 20.6. The van der Waals surface area contributed by atoms with Crippen molar-refractivity contribution in [2.45, 2.75) is 77.0 Å². The SMILES string of the molecule is C=CCCc1ccc2cc(C#Cc3ccc(C4CCC(CCCCC)CC4)cc3)ccc2c1F. The third kappa shape index (κ3) is 6.18. The van der Waals surface area contributed by atoms with Gasteiger partial charge in [-0.05, 0) is 91.1 Å². The van der Waals surface area contributed by atoms with Crippen LogP contribution in [0.5, 0.6) is 0 Å². The van der Waals surface area contributed by atoms with Gasteiger partial charge in [-0.2, -0.15) is 0 Å². The molecule has 0 nitrogen and oxygen atoms in total. The Morgan fingerprint density at radius 1 is 0.912 bits per heavy atom. The highest BCUT2D eigenvalue weighted by Crippen LogP contribution is 2.37. The Hall–Kier alpha value is -2.85. The Labute approximate surface area is 205 Å². The van der Waals surface area contributed by atoms with Gasteiger partial charge in [-0.15, -0.1) is 6.58 Å². The lowest BCUT2D eigenvalue weighted by Gasteiger charge is -2.29. The lowest BCUT2D eigenvalue weighted by atomic mass is 9.77. The van der Waals surface area contributed by atoms with E-state index in [1.54, 1.807) is 0 Å². The molecule has 0 radical (unpaired) electrons. The minimum absolute atomic E-state index is 0.121. The largest absolute Gasteiger partial charge is 0.206 e. The zero-order chi connectivity index (χ0) is 23.8. The van der Waals surface area contributed by atoms with Gasteiger partial charge in [0.05, 0.1) is 0 Å². The molecule has 0 bridgehead atoms. The molecule has 34 heavy (non-hydrogen) atoms. The number of benzene rings is 3. The van der Waals surface area contributed by atoms with Gasteiger partial charge in [-0.25, -0.2) is 4.39 Å². The second kappa shape index (κ2) is 12.0. The number of unbranched alkanes of at least 4 members (excludes halogenated alkanes) is 2. The van der Waals surface area contributed by atoms with Gasteiger partial charge >= 0.3 is 0 Å². The minimum atomic E-state index is -0.121. The molecule has 1 fully saturated rings. The summed E-state index contributed by atoms with van der Waals surface area (Å²) in [5.41, 5.74) is 4.15. The summed E-state index contributed by atoms with van der Waals surface area (Å²) in [6.07, 6.45) is 14.2. The highest BCUT2D eigenvalue weighted by atomic mass is 19.1. The molecule has 176 valence electrons. The van der Waals surface area contributed by atoms with Crippen LogP contribution in [0.25, 0.3) is 10.8 Å². The van der Waals surface area contributed by atoms with E-state index in [4.69, 9.17) is 0 Å². The van der Waals surface area contributed by atoms with Crippen LogP contribution >= 0.6 is 0 Å². The van der Waals surface area contributed by atoms with Crippen LogP contribution in [0.3, 0.4) is 0 Å². The smallest absolute Gasteiger partial charge is 0.134 e. The van der Waals surface area contributed by atoms with E-state index in [1.807, 2.05) is 36.4 Å². The van der Waals surface area contributed by atoms with Gasteiger partial charge in [0.2, 0.25) is 0 Å². The number of halogens is 1. The summed E-state index contributed by atoms with van der Waals surface area (Å²) in [5, 5.41) is 1.56. The molecular formula is C33H37F. The Morgan fingerprint density at radius 2 is 1.65 bits per heavy atom. The quantitative estimate of drug-likeness (QED) is 0.181. The summed E-state index contributed by atoms with van der Waals surface area (Å²) in [6.45, 7) is 6.02. The van der Waals surface area contributed by atoms with Crippen LogP contribution in [-0.4, -0.2) is 0 Å². The number of allylic oxidation sites excluding steroid dienone is 1. The van der Waals surface area contributed by atoms with Gasteiger partial charge in [-0.1, -0.05) is 80.9 Å². The molecular weight excluding hydrogens is 415 g/mol. The first-order valence-corrected chi connectivity index (χ1v) is 13.1. The number of fused-ring (bicyclic) bond motifs is 1. The highest BCUT2D eigenvalue weighted by Gasteiger charge is 2.21. The van der Waals surface area contributed by atoms with E-state index in [9.17, 15) is 4.39 Å². The molecule has 1 saturated carbocycles. The minimum Gasteiger partial charge on any atom is -0.206 e. The third-order valence-corrected chi connectivity index (χ3v) is 7.45. The molecule has 4 rings (SSSR count). The molecule has 0 saturated heterocycles. The standard InChI is InChI=1S/C33H37F/c1-3-5-7-8-25-12-17-28(18-13-25)29-19-14-26(15-20-29)10-11-27-16-23-32-31(24-27)22-21-30(33(32)34)9-6-4-2/h4,14-16,19-25,28H,2-3,5-9,12-13,17-18H2,1H3. The van der Waals surface area contributed by atoms with Crippen molar-refractivity contribution >= 4 is 10.8 Å². The van der Waals surface area contributed by atoms with Crippen LogP contribution in [0.15, 0.2) is 67.3 Å². The first-order chi connectivity index (χ1) is 16.7. The summed E-state index contributed by atoms with van der Waals surface area (Å²) in [5.74, 6) is 8.09. The van der Waals surface area contributed by atoms with E-state index in [1.165, 1.54) is 56.9 Å². The van der Waals surface area contributed by atoms with Crippen LogP contribution in [0.2, 0.25) is 0 Å². The first-order valence-electron chi connectivity index (χ1n) is 13.1. The molecule has 0 aromatic heterocycles. The van der Waals surface area contributed by atoms with Crippen molar-refractivity contribution in [3.63, 3.8) is 0 Å². The number of hydrogen-bond acceptors (Lipinski definition) is 0. The van der Waals surface area contributed by atoms with Crippen LogP contribution in [0.1, 0.15) is 92.9 Å². The van der Waals surface area contributed by atoms with Crippen molar-refractivity contribution in [1.29, 1.82) is 0 Å². The molecule has 0 aliphatic heterocycles. The highest BCUT2D eigenvalue weighted by molar-refractivity contribution is 5.85. The topological polar surface area (TPSA) is 0 Å². The summed E-state index contributed by atoms with van der Waals surface area (Å²) in [6, 6.07) is 18.5. The van der Waals surface area contributed by atoms with Gasteiger partial charge in [-0.3, -0.25) is 0 Å². The molecule has 0 spiro atoms. The van der Waals surface area contributed by atoms with E-state index in [2.05, 4.69) is 49.6 Å². The van der Waals surface area contributed by atoms with E-state index in [0.717, 1.165) is 34.4 Å². The van der Waals surface area contributed by atoms with Crippen LogP contribution in [0.4, 0.5) is 4.39 Å². The molecule has 0 N–H and O–H groups in total. The average molecular weight is 453 g/mol. The molecule has 3 aromatic rings. The summed E-state index contributed by atoms with van der Waals surface area (Å²) >= 11 is 0. The van der Waals surface area contributed by atoms with Gasteiger partial charge in [0, 0.05) is 16.5 Å². The predicted octanol–water partition coefficient (Wildman–Crippen LogP) is 9.35. The van der Waals surface area contributed by atoms with E-state index < -0.39 is 0 Å². The molecule has 0 unspecified atom stereocenters. The molecule has 3 aromatic carbocycles. The fourth-order valence-electron chi connectivity index (χ4n) is 5.32.